The molecule has 0 saturated heterocycles. The second-order valence-electron chi connectivity index (χ2n) is 3.62. The molecule has 0 spiro atoms. The highest BCUT2D eigenvalue weighted by Gasteiger charge is 2.04. The van der Waals surface area contributed by atoms with Gasteiger partial charge in [0.1, 0.15) is 12.4 Å². The van der Waals surface area contributed by atoms with Crippen molar-refractivity contribution < 1.29 is 14.6 Å². The van der Waals surface area contributed by atoms with E-state index >= 15 is 0 Å². The molecule has 2 aromatic rings. The number of halogens is 1. The van der Waals surface area contributed by atoms with Gasteiger partial charge < -0.3 is 9.84 Å². The van der Waals surface area contributed by atoms with Crippen LogP contribution in [0.15, 0.2) is 35.2 Å². The predicted octanol–water partition coefficient (Wildman–Crippen LogP) is 3.47. The van der Waals surface area contributed by atoms with Crippen molar-refractivity contribution in [1.29, 1.82) is 0 Å². The minimum atomic E-state index is -1.02. The first-order chi connectivity index (χ1) is 9.15. The summed E-state index contributed by atoms with van der Waals surface area (Å²) in [5.74, 6) is -0.458. The number of carboxylic acid groups (broad SMARTS) is 1. The Kier molecular flexibility index (Phi) is 4.54. The fourth-order valence-electron chi connectivity index (χ4n) is 1.40. The normalized spacial score (nSPS) is 10.8. The molecule has 0 amide bonds. The Balaban J connectivity index is 2.16. The lowest BCUT2D eigenvalue weighted by Gasteiger charge is -2.08. The van der Waals surface area contributed by atoms with Crippen molar-refractivity contribution >= 4 is 35.0 Å². The van der Waals surface area contributed by atoms with E-state index in [4.69, 9.17) is 21.4 Å². The highest BCUT2D eigenvalue weighted by molar-refractivity contribution is 7.07. The van der Waals surface area contributed by atoms with Crippen LogP contribution >= 0.6 is 22.9 Å². The first kappa shape index (κ1) is 13.6. The van der Waals surface area contributed by atoms with E-state index in [9.17, 15) is 4.79 Å². The van der Waals surface area contributed by atoms with E-state index < -0.39 is 5.97 Å². The summed E-state index contributed by atoms with van der Waals surface area (Å²) in [5.41, 5.74) is 3.17. The zero-order valence-corrected chi connectivity index (χ0v) is 11.3. The van der Waals surface area contributed by atoms with Crippen molar-refractivity contribution in [3.8, 4) is 5.75 Å². The maximum absolute atomic E-state index is 10.5. The molecule has 0 radical (unpaired) electrons. The third-order valence-corrected chi connectivity index (χ3v) is 3.11. The van der Waals surface area contributed by atoms with Crippen LogP contribution in [0.1, 0.15) is 11.3 Å². The maximum Gasteiger partial charge on any atom is 0.328 e. The molecule has 4 nitrogen and oxygen atoms in total. The number of rotatable bonds is 5. The molecule has 2 rings (SSSR count). The molecule has 0 fully saturated rings. The molecule has 0 aliphatic heterocycles. The number of nitrogens with zero attached hydrogens (tertiary/aromatic N) is 1. The molecule has 0 unspecified atom stereocenters. The molecule has 0 atom stereocenters. The van der Waals surface area contributed by atoms with Crippen molar-refractivity contribution in [3.05, 3.63) is 51.4 Å². The molecule has 19 heavy (non-hydrogen) atoms. The molecular formula is C13H10ClNO3S. The lowest BCUT2D eigenvalue weighted by molar-refractivity contribution is -0.131. The van der Waals surface area contributed by atoms with Crippen LogP contribution in [0.2, 0.25) is 5.02 Å². The van der Waals surface area contributed by atoms with E-state index in [0.717, 1.165) is 11.8 Å². The fraction of sp³-hybridized carbons (Fsp3) is 0.0769. The van der Waals surface area contributed by atoms with E-state index in [0.29, 0.717) is 22.9 Å². The molecule has 0 aliphatic carbocycles. The van der Waals surface area contributed by atoms with Gasteiger partial charge in [0.2, 0.25) is 0 Å². The van der Waals surface area contributed by atoms with Crippen molar-refractivity contribution in [2.45, 2.75) is 6.61 Å². The van der Waals surface area contributed by atoms with Gasteiger partial charge in [0, 0.05) is 22.0 Å². The monoisotopic (exact) mass is 295 g/mol. The number of aliphatic carboxylic acids is 1. The van der Waals surface area contributed by atoms with Gasteiger partial charge in [-0.3, -0.25) is 0 Å². The summed E-state index contributed by atoms with van der Waals surface area (Å²) >= 11 is 7.38. The lowest BCUT2D eigenvalue weighted by atomic mass is 10.2. The Morgan fingerprint density at radius 1 is 1.53 bits per heavy atom. The molecule has 0 bridgehead atoms. The minimum absolute atomic E-state index is 0.332. The predicted molar refractivity (Wildman–Crippen MR) is 74.6 cm³/mol. The summed E-state index contributed by atoms with van der Waals surface area (Å²) in [5, 5.41) is 11.1. The van der Waals surface area contributed by atoms with Gasteiger partial charge in [-0.15, -0.1) is 11.3 Å². The standard InChI is InChI=1S/C13H10ClNO3S/c14-10-2-3-12(9(5-10)1-4-13(16)17)18-6-11-7-19-8-15-11/h1-5,7-8H,6H2,(H,16,17)/b4-1+. The highest BCUT2D eigenvalue weighted by Crippen LogP contribution is 2.25. The molecule has 0 saturated carbocycles. The van der Waals surface area contributed by atoms with Crippen molar-refractivity contribution in [2.75, 3.05) is 0 Å². The van der Waals surface area contributed by atoms with Gasteiger partial charge in [-0.1, -0.05) is 11.6 Å². The van der Waals surface area contributed by atoms with Gasteiger partial charge in [0.15, 0.2) is 0 Å². The lowest BCUT2D eigenvalue weighted by Crippen LogP contribution is -1.97. The van der Waals surface area contributed by atoms with E-state index in [-0.39, 0.29) is 0 Å². The Morgan fingerprint density at radius 3 is 3.05 bits per heavy atom. The number of hydrogen-bond acceptors (Lipinski definition) is 4. The maximum atomic E-state index is 10.5. The SMILES string of the molecule is O=C(O)/C=C/c1cc(Cl)ccc1OCc1cscn1. The van der Waals surface area contributed by atoms with Gasteiger partial charge in [-0.2, -0.15) is 0 Å². The Bertz CT molecular complexity index is 596. The summed E-state index contributed by atoms with van der Waals surface area (Å²) in [6.45, 7) is 0.332. The molecule has 6 heteroatoms. The van der Waals surface area contributed by atoms with Crippen LogP contribution in [0.4, 0.5) is 0 Å². The number of carbonyl (C=O) groups is 1. The third-order valence-electron chi connectivity index (χ3n) is 2.24. The van der Waals surface area contributed by atoms with Crippen molar-refractivity contribution in [1.82, 2.24) is 4.98 Å². The van der Waals surface area contributed by atoms with Crippen LogP contribution in [-0.4, -0.2) is 16.1 Å². The second-order valence-corrected chi connectivity index (χ2v) is 4.78. The number of ether oxygens (including phenoxy) is 1. The molecule has 1 N–H and O–H groups in total. The quantitative estimate of drug-likeness (QED) is 0.858. The molecule has 1 aromatic carbocycles. The number of benzene rings is 1. The smallest absolute Gasteiger partial charge is 0.328 e. The fourth-order valence-corrected chi connectivity index (χ4v) is 2.13. The summed E-state index contributed by atoms with van der Waals surface area (Å²) < 4.78 is 5.61. The van der Waals surface area contributed by atoms with Crippen LogP contribution in [0.25, 0.3) is 6.08 Å². The molecule has 0 aliphatic rings. The van der Waals surface area contributed by atoms with Gasteiger partial charge in [-0.25, -0.2) is 9.78 Å². The van der Waals surface area contributed by atoms with Crippen LogP contribution in [0.3, 0.4) is 0 Å². The molecule has 1 aromatic heterocycles. The van der Waals surface area contributed by atoms with Gasteiger partial charge >= 0.3 is 5.97 Å². The Morgan fingerprint density at radius 2 is 2.37 bits per heavy atom. The first-order valence-corrected chi connectivity index (χ1v) is 6.67. The zero-order valence-electron chi connectivity index (χ0n) is 9.75. The van der Waals surface area contributed by atoms with E-state index in [1.807, 2.05) is 5.38 Å². The van der Waals surface area contributed by atoms with Crippen LogP contribution < -0.4 is 4.74 Å². The third kappa shape index (κ3) is 4.08. The largest absolute Gasteiger partial charge is 0.487 e. The zero-order chi connectivity index (χ0) is 13.7. The highest BCUT2D eigenvalue weighted by atomic mass is 35.5. The van der Waals surface area contributed by atoms with Crippen molar-refractivity contribution in [2.24, 2.45) is 0 Å². The van der Waals surface area contributed by atoms with Gasteiger partial charge in [0.05, 0.1) is 11.2 Å². The average Bonchev–Trinajstić information content (AvgIpc) is 2.88. The summed E-state index contributed by atoms with van der Waals surface area (Å²) in [7, 11) is 0. The Labute approximate surface area is 118 Å². The van der Waals surface area contributed by atoms with E-state index in [2.05, 4.69) is 4.98 Å². The minimum Gasteiger partial charge on any atom is -0.487 e. The van der Waals surface area contributed by atoms with Crippen LogP contribution in [0.5, 0.6) is 5.75 Å². The number of hydrogen-bond donors (Lipinski definition) is 1. The molecule has 98 valence electrons. The number of thiazole rings is 1. The van der Waals surface area contributed by atoms with Crippen molar-refractivity contribution in [3.63, 3.8) is 0 Å². The second kappa shape index (κ2) is 6.36. The van der Waals surface area contributed by atoms with Gasteiger partial charge in [0.25, 0.3) is 0 Å². The summed E-state index contributed by atoms with van der Waals surface area (Å²) in [6.07, 6.45) is 2.49. The molecule has 1 heterocycles. The Hall–Kier alpha value is -1.85. The summed E-state index contributed by atoms with van der Waals surface area (Å²) in [6, 6.07) is 5.05. The van der Waals surface area contributed by atoms with Crippen LogP contribution in [-0.2, 0) is 11.4 Å². The number of carboxylic acids is 1. The topological polar surface area (TPSA) is 59.4 Å². The first-order valence-electron chi connectivity index (χ1n) is 5.35. The van der Waals surface area contributed by atoms with Crippen LogP contribution in [0, 0.1) is 0 Å². The average molecular weight is 296 g/mol. The van der Waals surface area contributed by atoms with Gasteiger partial charge in [-0.05, 0) is 24.3 Å². The molecular weight excluding hydrogens is 286 g/mol. The van der Waals surface area contributed by atoms with E-state index in [1.54, 1.807) is 23.7 Å². The summed E-state index contributed by atoms with van der Waals surface area (Å²) in [4.78, 5) is 14.7. The van der Waals surface area contributed by atoms with E-state index in [1.165, 1.54) is 17.4 Å². The number of aromatic nitrogens is 1.